The lowest BCUT2D eigenvalue weighted by Crippen LogP contribution is -2.22. The largest absolute Gasteiger partial charge is 0.506 e. The summed E-state index contributed by atoms with van der Waals surface area (Å²) in [6.45, 7) is 2.95. The zero-order valence-electron chi connectivity index (χ0n) is 16.5. The van der Waals surface area contributed by atoms with Crippen LogP contribution in [0.1, 0.15) is 57.4 Å². The van der Waals surface area contributed by atoms with E-state index in [2.05, 4.69) is 0 Å². The molecule has 3 aromatic rings. The van der Waals surface area contributed by atoms with Gasteiger partial charge in [-0.25, -0.2) is 0 Å². The number of ketones is 2. The summed E-state index contributed by atoms with van der Waals surface area (Å²) in [5.74, 6) is -2.27. The minimum atomic E-state index is -0.607. The average Bonchev–Trinajstić information content (AvgIpc) is 2.73. The molecular weight excluding hydrogens is 388 g/mol. The van der Waals surface area contributed by atoms with Crippen molar-refractivity contribution < 1.29 is 34.1 Å². The van der Waals surface area contributed by atoms with E-state index in [0.717, 1.165) is 0 Å². The number of methoxy groups -OCH3 is 1. The van der Waals surface area contributed by atoms with Crippen LogP contribution in [0.3, 0.4) is 0 Å². The summed E-state index contributed by atoms with van der Waals surface area (Å²) in [5, 5.41) is 22.2. The molecule has 0 heterocycles. The molecule has 30 heavy (non-hydrogen) atoms. The van der Waals surface area contributed by atoms with E-state index in [1.165, 1.54) is 32.2 Å². The number of phenolic OH excluding ortho intramolecular Hbond substituents is 2. The fourth-order valence-electron chi connectivity index (χ4n) is 3.87. The number of esters is 1. The highest BCUT2D eigenvalue weighted by Gasteiger charge is 2.38. The number of carbonyl (C=O) groups excluding carboxylic acids is 3. The topological polar surface area (TPSA) is 110 Å². The van der Waals surface area contributed by atoms with E-state index in [9.17, 15) is 24.6 Å². The molecule has 0 spiro atoms. The van der Waals surface area contributed by atoms with Crippen molar-refractivity contribution in [2.45, 2.75) is 20.0 Å². The first-order valence-electron chi connectivity index (χ1n) is 9.21. The number of benzene rings is 3. The minimum Gasteiger partial charge on any atom is -0.506 e. The Kier molecular flexibility index (Phi) is 4.46. The number of fused-ring (bicyclic) bond motifs is 3. The Balaban J connectivity index is 1.99. The summed E-state index contributed by atoms with van der Waals surface area (Å²) in [7, 11) is 1.38. The normalized spacial score (nSPS) is 13.6. The predicted octanol–water partition coefficient (Wildman–Crippen LogP) is 3.66. The Labute approximate surface area is 171 Å². The number of rotatable bonds is 3. The lowest BCUT2D eigenvalue weighted by molar-refractivity contribution is -0.145. The van der Waals surface area contributed by atoms with Gasteiger partial charge >= 0.3 is 5.97 Å². The van der Waals surface area contributed by atoms with E-state index in [4.69, 9.17) is 9.47 Å². The Morgan fingerprint density at radius 3 is 2.27 bits per heavy atom. The molecule has 4 rings (SSSR count). The summed E-state index contributed by atoms with van der Waals surface area (Å²) in [6.07, 6.45) is -0.605. The molecule has 7 nitrogen and oxygen atoms in total. The number of ether oxygens (including phenoxy) is 2. The Morgan fingerprint density at radius 1 is 0.933 bits per heavy atom. The van der Waals surface area contributed by atoms with Crippen LogP contribution in [-0.4, -0.2) is 34.9 Å². The van der Waals surface area contributed by atoms with Gasteiger partial charge in [-0.15, -0.1) is 0 Å². The highest BCUT2D eigenvalue weighted by molar-refractivity contribution is 6.33. The third kappa shape index (κ3) is 2.70. The van der Waals surface area contributed by atoms with E-state index >= 15 is 0 Å². The summed E-state index contributed by atoms with van der Waals surface area (Å²) < 4.78 is 10.4. The third-order valence-corrected chi connectivity index (χ3v) is 5.26. The Bertz CT molecular complexity index is 1260. The molecule has 0 saturated heterocycles. The number of hydrogen-bond donors (Lipinski definition) is 2. The summed E-state index contributed by atoms with van der Waals surface area (Å²) in [4.78, 5) is 37.6. The second kappa shape index (κ2) is 6.88. The van der Waals surface area contributed by atoms with Crippen LogP contribution in [0.5, 0.6) is 17.2 Å². The first-order valence-corrected chi connectivity index (χ1v) is 9.21. The van der Waals surface area contributed by atoms with Gasteiger partial charge in [0.2, 0.25) is 5.78 Å². The predicted molar refractivity (Wildman–Crippen MR) is 107 cm³/mol. The Morgan fingerprint density at radius 2 is 1.60 bits per heavy atom. The lowest BCUT2D eigenvalue weighted by Gasteiger charge is -2.23. The van der Waals surface area contributed by atoms with Crippen molar-refractivity contribution >= 4 is 28.3 Å². The van der Waals surface area contributed by atoms with E-state index in [0.29, 0.717) is 5.56 Å². The van der Waals surface area contributed by atoms with Crippen molar-refractivity contribution in [2.75, 3.05) is 7.11 Å². The van der Waals surface area contributed by atoms with Crippen molar-refractivity contribution in [1.29, 1.82) is 0 Å². The van der Waals surface area contributed by atoms with Crippen LogP contribution in [0.2, 0.25) is 0 Å². The van der Waals surface area contributed by atoms with Gasteiger partial charge < -0.3 is 19.7 Å². The highest BCUT2D eigenvalue weighted by Crippen LogP contribution is 2.46. The van der Waals surface area contributed by atoms with E-state index < -0.39 is 35.1 Å². The van der Waals surface area contributed by atoms with Crippen molar-refractivity contribution in [1.82, 2.24) is 0 Å². The zero-order chi connectivity index (χ0) is 21.7. The van der Waals surface area contributed by atoms with E-state index in [1.54, 1.807) is 25.1 Å². The van der Waals surface area contributed by atoms with Gasteiger partial charge in [-0.2, -0.15) is 0 Å². The van der Waals surface area contributed by atoms with Crippen molar-refractivity contribution in [3.8, 4) is 17.2 Å². The molecule has 152 valence electrons. The number of phenols is 2. The molecule has 1 aliphatic carbocycles. The van der Waals surface area contributed by atoms with Gasteiger partial charge in [0.05, 0.1) is 23.8 Å². The molecule has 0 aromatic heterocycles. The summed E-state index contributed by atoms with van der Waals surface area (Å²) in [5.41, 5.74) is 0.173. The van der Waals surface area contributed by atoms with Crippen LogP contribution >= 0.6 is 0 Å². The molecule has 0 fully saturated rings. The average molecular weight is 406 g/mol. The SMILES string of the molecule is COc1cccc2c1C(=O)c1c(c(O)c3cc(C(C)OC(C)=O)ccc3c1O)C2=O. The smallest absolute Gasteiger partial charge is 0.303 e. The first-order chi connectivity index (χ1) is 14.3. The molecule has 2 N–H and O–H groups in total. The molecule has 1 unspecified atom stereocenters. The zero-order valence-corrected chi connectivity index (χ0v) is 16.5. The second-order valence-corrected chi connectivity index (χ2v) is 7.04. The van der Waals surface area contributed by atoms with Crippen LogP contribution in [0, 0.1) is 0 Å². The molecule has 0 bridgehead atoms. The van der Waals surface area contributed by atoms with Crippen molar-refractivity contribution in [3.05, 3.63) is 64.2 Å². The van der Waals surface area contributed by atoms with Gasteiger partial charge in [-0.05, 0) is 24.6 Å². The van der Waals surface area contributed by atoms with Gasteiger partial charge in [-0.3, -0.25) is 14.4 Å². The van der Waals surface area contributed by atoms with Gasteiger partial charge in [0, 0.05) is 23.3 Å². The van der Waals surface area contributed by atoms with Crippen LogP contribution in [0.25, 0.3) is 10.8 Å². The molecule has 0 saturated carbocycles. The fraction of sp³-hybridized carbons (Fsp3) is 0.174. The maximum atomic E-state index is 13.2. The molecular formula is C23H18O7. The van der Waals surface area contributed by atoms with Crippen LogP contribution in [-0.2, 0) is 9.53 Å². The molecule has 0 aliphatic heterocycles. The molecule has 1 atom stereocenters. The van der Waals surface area contributed by atoms with Gasteiger partial charge in [0.1, 0.15) is 23.4 Å². The quantitative estimate of drug-likeness (QED) is 0.395. The molecule has 0 radical (unpaired) electrons. The highest BCUT2D eigenvalue weighted by atomic mass is 16.5. The molecule has 7 heteroatoms. The maximum Gasteiger partial charge on any atom is 0.303 e. The van der Waals surface area contributed by atoms with Gasteiger partial charge in [0.25, 0.3) is 0 Å². The van der Waals surface area contributed by atoms with Gasteiger partial charge in [0.15, 0.2) is 5.78 Å². The van der Waals surface area contributed by atoms with E-state index in [1.807, 2.05) is 0 Å². The molecule has 1 aliphatic rings. The summed E-state index contributed by atoms with van der Waals surface area (Å²) in [6, 6.07) is 9.25. The standard InChI is InChI=1S/C23H18O7/c1-10(30-11(2)24)12-7-8-13-15(9-12)22(27)18-19(20(13)25)23(28)17-14(21(18)26)5-4-6-16(17)29-3/h4-10,25,27H,1-3H3. The summed E-state index contributed by atoms with van der Waals surface area (Å²) >= 11 is 0. The number of hydrogen-bond acceptors (Lipinski definition) is 7. The van der Waals surface area contributed by atoms with Gasteiger partial charge in [-0.1, -0.05) is 24.3 Å². The molecule has 3 aromatic carbocycles. The Hall–Kier alpha value is -3.87. The van der Waals surface area contributed by atoms with Crippen molar-refractivity contribution in [3.63, 3.8) is 0 Å². The van der Waals surface area contributed by atoms with Crippen LogP contribution in [0.4, 0.5) is 0 Å². The first kappa shape index (κ1) is 19.4. The van der Waals surface area contributed by atoms with E-state index in [-0.39, 0.29) is 38.8 Å². The number of aromatic hydroxyl groups is 2. The van der Waals surface area contributed by atoms with Crippen molar-refractivity contribution in [2.24, 2.45) is 0 Å². The second-order valence-electron chi connectivity index (χ2n) is 7.04. The van der Waals surface area contributed by atoms with Crippen LogP contribution in [0.15, 0.2) is 36.4 Å². The third-order valence-electron chi connectivity index (χ3n) is 5.26. The van der Waals surface area contributed by atoms with Crippen LogP contribution < -0.4 is 4.74 Å². The monoisotopic (exact) mass is 406 g/mol. The molecule has 0 amide bonds. The number of carbonyl (C=O) groups is 3. The maximum absolute atomic E-state index is 13.2. The minimum absolute atomic E-state index is 0.0478. The lowest BCUT2D eigenvalue weighted by atomic mass is 9.80. The fourth-order valence-corrected chi connectivity index (χ4v) is 3.87.